The number of halogens is 2. The van der Waals surface area contributed by atoms with Crippen molar-refractivity contribution in [3.8, 4) is 29.1 Å². The van der Waals surface area contributed by atoms with Crippen molar-refractivity contribution < 1.29 is 28.5 Å². The van der Waals surface area contributed by atoms with Crippen LogP contribution in [0.25, 0.3) is 0 Å². The maximum atomic E-state index is 12.8. The number of para-hydroxylation sites is 1. The Balaban J connectivity index is 1.43. The Labute approximate surface area is 216 Å². The van der Waals surface area contributed by atoms with Gasteiger partial charge >= 0.3 is 5.97 Å². The number of rotatable bonds is 7. The first-order valence-corrected chi connectivity index (χ1v) is 11.6. The number of esters is 1. The standard InChI is InChI=1S/C24H15Br2N3O6/c25-17-7-16(11-28-29-22(30)12-32-19-4-2-1-3-15(19)10-27)23(18(26)9-17)35-24(31)14-5-6-20-21(8-14)34-13-33-20/h1-9,11H,12-13H2,(H,29,30)/b28-11+. The number of amides is 1. The summed E-state index contributed by atoms with van der Waals surface area (Å²) in [6, 6.07) is 16.7. The number of hydrogen-bond acceptors (Lipinski definition) is 8. The number of nitrogens with one attached hydrogen (secondary N) is 1. The first kappa shape index (κ1) is 24.3. The number of nitriles is 1. The van der Waals surface area contributed by atoms with Crippen LogP contribution in [0.1, 0.15) is 21.5 Å². The number of fused-ring (bicyclic) bond motifs is 1. The highest BCUT2D eigenvalue weighted by molar-refractivity contribution is 9.11. The molecule has 1 heterocycles. The second-order valence-electron chi connectivity index (χ2n) is 6.95. The summed E-state index contributed by atoms with van der Waals surface area (Å²) < 4.78 is 22.7. The number of carbonyl (C=O) groups excluding carboxylic acids is 2. The molecule has 0 bridgehead atoms. The highest BCUT2D eigenvalue weighted by Gasteiger charge is 2.19. The Morgan fingerprint density at radius 3 is 2.74 bits per heavy atom. The van der Waals surface area contributed by atoms with E-state index in [-0.39, 0.29) is 24.7 Å². The molecule has 0 atom stereocenters. The van der Waals surface area contributed by atoms with Gasteiger partial charge in [0.15, 0.2) is 23.9 Å². The van der Waals surface area contributed by atoms with Crippen LogP contribution in [-0.4, -0.2) is 31.5 Å². The molecule has 0 aliphatic carbocycles. The van der Waals surface area contributed by atoms with Crippen LogP contribution in [0.15, 0.2) is 68.6 Å². The fourth-order valence-electron chi connectivity index (χ4n) is 2.99. The second-order valence-corrected chi connectivity index (χ2v) is 8.72. The molecule has 11 heteroatoms. The van der Waals surface area contributed by atoms with E-state index in [0.29, 0.717) is 37.3 Å². The van der Waals surface area contributed by atoms with Crippen LogP contribution in [0.4, 0.5) is 0 Å². The third-order valence-corrected chi connectivity index (χ3v) is 5.65. The van der Waals surface area contributed by atoms with Crippen LogP contribution >= 0.6 is 31.9 Å². The van der Waals surface area contributed by atoms with Crippen LogP contribution in [0.5, 0.6) is 23.0 Å². The van der Waals surface area contributed by atoms with Crippen LogP contribution in [0, 0.1) is 11.3 Å². The average molecular weight is 601 g/mol. The maximum absolute atomic E-state index is 12.8. The molecule has 1 aliphatic heterocycles. The summed E-state index contributed by atoms with van der Waals surface area (Å²) in [6.07, 6.45) is 1.33. The third-order valence-electron chi connectivity index (χ3n) is 4.60. The summed E-state index contributed by atoms with van der Waals surface area (Å²) in [6.45, 7) is -0.252. The minimum absolute atomic E-state index is 0.0916. The van der Waals surface area contributed by atoms with E-state index < -0.39 is 11.9 Å². The minimum atomic E-state index is -0.616. The molecule has 0 aromatic heterocycles. The number of hydrazone groups is 1. The van der Waals surface area contributed by atoms with Crippen molar-refractivity contribution in [3.63, 3.8) is 0 Å². The molecule has 35 heavy (non-hydrogen) atoms. The van der Waals surface area contributed by atoms with E-state index in [0.717, 1.165) is 0 Å². The molecule has 0 spiro atoms. The SMILES string of the molecule is N#Cc1ccccc1OCC(=O)N/N=C/c1cc(Br)cc(Br)c1OC(=O)c1ccc2c(c1)OCO2. The Morgan fingerprint density at radius 2 is 1.91 bits per heavy atom. The summed E-state index contributed by atoms with van der Waals surface area (Å²) in [4.78, 5) is 24.9. The highest BCUT2D eigenvalue weighted by Crippen LogP contribution is 2.35. The van der Waals surface area contributed by atoms with E-state index in [9.17, 15) is 9.59 Å². The Bertz CT molecular complexity index is 1370. The quantitative estimate of drug-likeness (QED) is 0.183. The predicted molar refractivity (Wildman–Crippen MR) is 132 cm³/mol. The summed E-state index contributed by atoms with van der Waals surface area (Å²) >= 11 is 6.77. The van der Waals surface area contributed by atoms with E-state index >= 15 is 0 Å². The van der Waals surface area contributed by atoms with Gasteiger partial charge in [0.1, 0.15) is 11.8 Å². The van der Waals surface area contributed by atoms with E-state index in [4.69, 9.17) is 24.2 Å². The largest absolute Gasteiger partial charge is 0.482 e. The monoisotopic (exact) mass is 599 g/mol. The molecule has 1 aliphatic rings. The van der Waals surface area contributed by atoms with Crippen molar-refractivity contribution in [3.05, 3.63) is 80.2 Å². The summed E-state index contributed by atoms with van der Waals surface area (Å²) in [7, 11) is 0. The number of ether oxygens (including phenoxy) is 4. The molecular weight excluding hydrogens is 586 g/mol. The molecule has 1 amide bonds. The van der Waals surface area contributed by atoms with Gasteiger partial charge in [-0.25, -0.2) is 10.2 Å². The van der Waals surface area contributed by atoms with E-state index in [1.54, 1.807) is 48.5 Å². The van der Waals surface area contributed by atoms with E-state index in [1.165, 1.54) is 12.3 Å². The smallest absolute Gasteiger partial charge is 0.343 e. The molecule has 0 unspecified atom stereocenters. The molecule has 0 saturated carbocycles. The van der Waals surface area contributed by atoms with Crippen molar-refractivity contribution in [2.75, 3.05) is 13.4 Å². The Morgan fingerprint density at radius 1 is 1.11 bits per heavy atom. The van der Waals surface area contributed by atoms with Crippen molar-refractivity contribution in [1.29, 1.82) is 5.26 Å². The molecular formula is C24H15Br2N3O6. The molecule has 176 valence electrons. The lowest BCUT2D eigenvalue weighted by Crippen LogP contribution is -2.24. The van der Waals surface area contributed by atoms with Crippen LogP contribution < -0.4 is 24.4 Å². The highest BCUT2D eigenvalue weighted by atomic mass is 79.9. The zero-order chi connectivity index (χ0) is 24.8. The minimum Gasteiger partial charge on any atom is -0.482 e. The summed E-state index contributed by atoms with van der Waals surface area (Å²) in [5.74, 6) is 0.348. The lowest BCUT2D eigenvalue weighted by molar-refractivity contribution is -0.123. The van der Waals surface area contributed by atoms with Crippen molar-refractivity contribution >= 4 is 50.0 Å². The molecule has 0 radical (unpaired) electrons. The molecule has 3 aromatic carbocycles. The molecule has 0 saturated heterocycles. The average Bonchev–Trinajstić information content (AvgIpc) is 3.33. The second kappa shape index (κ2) is 11.0. The first-order chi connectivity index (χ1) is 16.9. The lowest BCUT2D eigenvalue weighted by atomic mass is 10.2. The summed E-state index contributed by atoms with van der Waals surface area (Å²) in [5, 5.41) is 13.0. The topological polar surface area (TPSA) is 119 Å². The van der Waals surface area contributed by atoms with E-state index in [2.05, 4.69) is 42.4 Å². The molecule has 0 fully saturated rings. The zero-order valence-corrected chi connectivity index (χ0v) is 21.0. The van der Waals surface area contributed by atoms with Gasteiger partial charge in [0.2, 0.25) is 6.79 Å². The van der Waals surface area contributed by atoms with Gasteiger partial charge in [-0.05, 0) is 58.4 Å². The predicted octanol–water partition coefficient (Wildman–Crippen LogP) is 4.56. The van der Waals surface area contributed by atoms with Gasteiger partial charge in [-0.15, -0.1) is 0 Å². The molecule has 1 N–H and O–H groups in total. The maximum Gasteiger partial charge on any atom is 0.343 e. The van der Waals surface area contributed by atoms with Crippen molar-refractivity contribution in [1.82, 2.24) is 5.43 Å². The Hall–Kier alpha value is -3.88. The molecule has 9 nitrogen and oxygen atoms in total. The molecule has 4 rings (SSSR count). The summed E-state index contributed by atoms with van der Waals surface area (Å²) in [5.41, 5.74) is 3.34. The van der Waals surface area contributed by atoms with Crippen molar-refractivity contribution in [2.24, 2.45) is 5.10 Å². The third kappa shape index (κ3) is 5.98. The zero-order valence-electron chi connectivity index (χ0n) is 17.8. The van der Waals surface area contributed by atoms with Gasteiger partial charge < -0.3 is 18.9 Å². The number of hydrogen-bond donors (Lipinski definition) is 1. The van der Waals surface area contributed by atoms with Crippen LogP contribution in [-0.2, 0) is 4.79 Å². The number of nitrogens with zero attached hydrogens (tertiary/aromatic N) is 2. The van der Waals surface area contributed by atoms with Gasteiger partial charge in [0, 0.05) is 10.0 Å². The number of benzene rings is 3. The number of carbonyl (C=O) groups is 2. The fraction of sp³-hybridized carbons (Fsp3) is 0.0833. The lowest BCUT2D eigenvalue weighted by Gasteiger charge is -2.11. The Kier molecular flexibility index (Phi) is 7.64. The van der Waals surface area contributed by atoms with E-state index in [1.807, 2.05) is 6.07 Å². The normalized spacial score (nSPS) is 11.7. The van der Waals surface area contributed by atoms with Gasteiger partial charge in [0.25, 0.3) is 5.91 Å². The van der Waals surface area contributed by atoms with Crippen molar-refractivity contribution in [2.45, 2.75) is 0 Å². The first-order valence-electron chi connectivity index (χ1n) is 9.99. The van der Waals surface area contributed by atoms with Gasteiger partial charge in [0.05, 0.1) is 21.8 Å². The van der Waals surface area contributed by atoms with Crippen LogP contribution in [0.2, 0.25) is 0 Å². The van der Waals surface area contributed by atoms with Gasteiger partial charge in [-0.2, -0.15) is 10.4 Å². The van der Waals surface area contributed by atoms with Gasteiger partial charge in [-0.1, -0.05) is 28.1 Å². The van der Waals surface area contributed by atoms with Crippen LogP contribution in [0.3, 0.4) is 0 Å². The fourth-order valence-corrected chi connectivity index (χ4v) is 4.33. The van der Waals surface area contributed by atoms with Gasteiger partial charge in [-0.3, -0.25) is 4.79 Å². The molecule has 3 aromatic rings.